The van der Waals surface area contributed by atoms with E-state index in [0.29, 0.717) is 0 Å². The summed E-state index contributed by atoms with van der Waals surface area (Å²) < 4.78 is 0. The number of aromatic nitrogens is 1. The fourth-order valence-electron chi connectivity index (χ4n) is 3.60. The highest BCUT2D eigenvalue weighted by Crippen LogP contribution is 2.25. The molecule has 1 aliphatic heterocycles. The third kappa shape index (κ3) is 4.48. The Morgan fingerprint density at radius 3 is 2.69 bits per heavy atom. The van der Waals surface area contributed by atoms with Gasteiger partial charge in [0.05, 0.1) is 0 Å². The summed E-state index contributed by atoms with van der Waals surface area (Å²) in [7, 11) is 0. The third-order valence-corrected chi connectivity index (χ3v) is 5.20. The van der Waals surface area contributed by atoms with Gasteiger partial charge in [-0.15, -0.1) is 0 Å². The Morgan fingerprint density at radius 2 is 2.00 bits per heavy atom. The first-order valence-corrected chi connectivity index (χ1v) is 9.20. The van der Waals surface area contributed by atoms with E-state index in [1.807, 2.05) is 37.4 Å². The Labute approximate surface area is 155 Å². The van der Waals surface area contributed by atoms with Crippen LogP contribution in [0.3, 0.4) is 0 Å². The van der Waals surface area contributed by atoms with E-state index in [9.17, 15) is 9.90 Å². The SMILES string of the molecule is Cc1ccc([C@H](C(=O)O)N2CCCN(Cc3cccnc3)CC2)cc1C. The highest BCUT2D eigenvalue weighted by Gasteiger charge is 2.29. The maximum atomic E-state index is 12.0. The van der Waals surface area contributed by atoms with Gasteiger partial charge < -0.3 is 5.11 Å². The van der Waals surface area contributed by atoms with Crippen LogP contribution in [0.15, 0.2) is 42.7 Å². The van der Waals surface area contributed by atoms with Crippen LogP contribution in [0, 0.1) is 13.8 Å². The van der Waals surface area contributed by atoms with Gasteiger partial charge in [0.25, 0.3) is 0 Å². The molecule has 26 heavy (non-hydrogen) atoms. The largest absolute Gasteiger partial charge is 0.480 e. The maximum absolute atomic E-state index is 12.0. The molecule has 1 aliphatic rings. The van der Waals surface area contributed by atoms with Gasteiger partial charge in [-0.2, -0.15) is 0 Å². The van der Waals surface area contributed by atoms with E-state index >= 15 is 0 Å². The molecule has 1 saturated heterocycles. The lowest BCUT2D eigenvalue weighted by Crippen LogP contribution is -2.37. The number of aryl methyl sites for hydroxylation is 2. The van der Waals surface area contributed by atoms with Gasteiger partial charge in [0, 0.05) is 38.6 Å². The number of nitrogens with zero attached hydrogens (tertiary/aromatic N) is 3. The standard InChI is InChI=1S/C21H27N3O2/c1-16-6-7-19(13-17(16)2)20(21(25)26)24-10-4-9-23(11-12-24)15-18-5-3-8-22-14-18/h3,5-8,13-14,20H,4,9-12,15H2,1-2H3,(H,25,26)/t20-/m1/s1. The van der Waals surface area contributed by atoms with Crippen LogP contribution >= 0.6 is 0 Å². The van der Waals surface area contributed by atoms with E-state index in [1.165, 1.54) is 11.1 Å². The molecule has 1 N–H and O–H groups in total. The second-order valence-electron chi connectivity index (χ2n) is 7.11. The lowest BCUT2D eigenvalue weighted by molar-refractivity contribution is -0.143. The summed E-state index contributed by atoms with van der Waals surface area (Å²) in [5.41, 5.74) is 4.41. The van der Waals surface area contributed by atoms with E-state index in [-0.39, 0.29) is 0 Å². The molecule has 0 unspecified atom stereocenters. The van der Waals surface area contributed by atoms with Crippen LogP contribution in [0.5, 0.6) is 0 Å². The van der Waals surface area contributed by atoms with E-state index in [1.54, 1.807) is 6.20 Å². The average molecular weight is 353 g/mol. The van der Waals surface area contributed by atoms with E-state index < -0.39 is 12.0 Å². The predicted octanol–water partition coefficient (Wildman–Crippen LogP) is 3.03. The van der Waals surface area contributed by atoms with Gasteiger partial charge in [-0.3, -0.25) is 19.6 Å². The number of carbonyl (C=O) groups is 1. The molecule has 0 spiro atoms. The third-order valence-electron chi connectivity index (χ3n) is 5.20. The Bertz CT molecular complexity index is 748. The van der Waals surface area contributed by atoms with Crippen molar-refractivity contribution in [1.29, 1.82) is 0 Å². The molecule has 3 rings (SSSR count). The first kappa shape index (κ1) is 18.5. The average Bonchev–Trinajstić information content (AvgIpc) is 2.85. The Hall–Kier alpha value is -2.24. The van der Waals surface area contributed by atoms with E-state index in [4.69, 9.17) is 0 Å². The van der Waals surface area contributed by atoms with Gasteiger partial charge >= 0.3 is 5.97 Å². The molecule has 1 aromatic heterocycles. The Morgan fingerprint density at radius 1 is 1.15 bits per heavy atom. The number of benzene rings is 1. The van der Waals surface area contributed by atoms with E-state index in [0.717, 1.165) is 50.3 Å². The van der Waals surface area contributed by atoms with Crippen molar-refractivity contribution in [3.63, 3.8) is 0 Å². The van der Waals surface area contributed by atoms with Crippen LogP contribution in [0.25, 0.3) is 0 Å². The Kier molecular flexibility index (Phi) is 6.01. The first-order chi connectivity index (χ1) is 12.5. The number of hydrogen-bond donors (Lipinski definition) is 1. The molecule has 1 fully saturated rings. The smallest absolute Gasteiger partial charge is 0.325 e. The lowest BCUT2D eigenvalue weighted by atomic mass is 10.00. The highest BCUT2D eigenvalue weighted by molar-refractivity contribution is 5.75. The van der Waals surface area contributed by atoms with Gasteiger partial charge in [0.15, 0.2) is 0 Å². The minimum absolute atomic E-state index is 0.576. The van der Waals surface area contributed by atoms with Crippen molar-refractivity contribution in [2.75, 3.05) is 26.2 Å². The summed E-state index contributed by atoms with van der Waals surface area (Å²) >= 11 is 0. The van der Waals surface area contributed by atoms with Crippen LogP contribution in [0.1, 0.15) is 34.7 Å². The number of carboxylic acid groups (broad SMARTS) is 1. The first-order valence-electron chi connectivity index (χ1n) is 9.20. The molecule has 1 atom stereocenters. The Balaban J connectivity index is 1.71. The van der Waals surface area contributed by atoms with Crippen molar-refractivity contribution in [1.82, 2.24) is 14.8 Å². The van der Waals surface area contributed by atoms with Crippen molar-refractivity contribution in [3.8, 4) is 0 Å². The van der Waals surface area contributed by atoms with Crippen molar-refractivity contribution < 1.29 is 9.90 Å². The fraction of sp³-hybridized carbons (Fsp3) is 0.429. The zero-order chi connectivity index (χ0) is 18.5. The molecule has 0 bridgehead atoms. The highest BCUT2D eigenvalue weighted by atomic mass is 16.4. The van der Waals surface area contributed by atoms with Crippen LogP contribution < -0.4 is 0 Å². The maximum Gasteiger partial charge on any atom is 0.325 e. The molecule has 0 amide bonds. The van der Waals surface area contributed by atoms with Crippen molar-refractivity contribution in [2.24, 2.45) is 0 Å². The molecule has 1 aromatic carbocycles. The van der Waals surface area contributed by atoms with Crippen molar-refractivity contribution in [2.45, 2.75) is 32.9 Å². The summed E-state index contributed by atoms with van der Waals surface area (Å²) in [6.45, 7) is 8.35. The molecule has 5 nitrogen and oxygen atoms in total. The van der Waals surface area contributed by atoms with Crippen molar-refractivity contribution in [3.05, 3.63) is 65.0 Å². The number of aliphatic carboxylic acids is 1. The number of hydrogen-bond acceptors (Lipinski definition) is 4. The van der Waals surface area contributed by atoms with Gasteiger partial charge in [0.2, 0.25) is 0 Å². The fourth-order valence-corrected chi connectivity index (χ4v) is 3.60. The molecule has 5 heteroatoms. The van der Waals surface area contributed by atoms with Gasteiger partial charge in [-0.05, 0) is 55.1 Å². The molecule has 138 valence electrons. The zero-order valence-corrected chi connectivity index (χ0v) is 15.6. The molecule has 0 aliphatic carbocycles. The summed E-state index contributed by atoms with van der Waals surface area (Å²) in [5, 5.41) is 9.87. The van der Waals surface area contributed by atoms with Crippen molar-refractivity contribution >= 4 is 5.97 Å². The van der Waals surface area contributed by atoms with Crippen LogP contribution in [-0.2, 0) is 11.3 Å². The zero-order valence-electron chi connectivity index (χ0n) is 15.6. The second-order valence-corrected chi connectivity index (χ2v) is 7.11. The van der Waals surface area contributed by atoms with Crippen LogP contribution in [-0.4, -0.2) is 52.0 Å². The minimum atomic E-state index is -0.769. The normalized spacial score (nSPS) is 17.6. The topological polar surface area (TPSA) is 56.7 Å². The predicted molar refractivity (Wildman–Crippen MR) is 102 cm³/mol. The molecule has 0 saturated carbocycles. The van der Waals surface area contributed by atoms with Gasteiger partial charge in [-0.25, -0.2) is 0 Å². The van der Waals surface area contributed by atoms with Gasteiger partial charge in [-0.1, -0.05) is 24.3 Å². The monoisotopic (exact) mass is 353 g/mol. The van der Waals surface area contributed by atoms with Crippen LogP contribution in [0.2, 0.25) is 0 Å². The number of pyridine rings is 1. The lowest BCUT2D eigenvalue weighted by Gasteiger charge is -2.28. The minimum Gasteiger partial charge on any atom is -0.480 e. The van der Waals surface area contributed by atoms with Gasteiger partial charge in [0.1, 0.15) is 6.04 Å². The summed E-state index contributed by atoms with van der Waals surface area (Å²) in [6.07, 6.45) is 4.65. The number of rotatable bonds is 5. The molecule has 2 heterocycles. The summed E-state index contributed by atoms with van der Waals surface area (Å²) in [6, 6.07) is 9.47. The summed E-state index contributed by atoms with van der Waals surface area (Å²) in [5.74, 6) is -0.769. The quantitative estimate of drug-likeness (QED) is 0.895. The van der Waals surface area contributed by atoms with Crippen LogP contribution in [0.4, 0.5) is 0 Å². The molecule has 2 aromatic rings. The molecule has 0 radical (unpaired) electrons. The van der Waals surface area contributed by atoms with E-state index in [2.05, 4.69) is 27.8 Å². The molecular weight excluding hydrogens is 326 g/mol. The summed E-state index contributed by atoms with van der Waals surface area (Å²) in [4.78, 5) is 20.7. The molecular formula is C21H27N3O2. The number of carboxylic acids is 1. The second kappa shape index (κ2) is 8.43.